The number of carbonyl (C=O) groups is 2. The molecule has 158 valence electrons. The molecule has 2 aliphatic heterocycles. The maximum Gasteiger partial charge on any atom is 0.239 e. The van der Waals surface area contributed by atoms with Crippen molar-refractivity contribution in [3.05, 3.63) is 30.1 Å². The molecule has 1 atom stereocenters. The van der Waals surface area contributed by atoms with Crippen LogP contribution in [-0.4, -0.2) is 71.4 Å². The molecule has 1 aliphatic carbocycles. The van der Waals surface area contributed by atoms with Crippen LogP contribution in [0.15, 0.2) is 24.5 Å². The third-order valence-corrected chi connectivity index (χ3v) is 6.39. The second-order valence-electron chi connectivity index (χ2n) is 8.76. The van der Waals surface area contributed by atoms with Gasteiger partial charge in [-0.3, -0.25) is 24.4 Å². The van der Waals surface area contributed by atoms with Gasteiger partial charge in [-0.2, -0.15) is 0 Å². The Morgan fingerprint density at radius 2 is 1.93 bits per heavy atom. The van der Waals surface area contributed by atoms with Gasteiger partial charge in [-0.25, -0.2) is 0 Å². The van der Waals surface area contributed by atoms with Crippen molar-refractivity contribution in [2.45, 2.75) is 57.2 Å². The molecule has 7 heteroatoms. The lowest BCUT2D eigenvalue weighted by Crippen LogP contribution is -2.51. The predicted octanol–water partition coefficient (Wildman–Crippen LogP) is 1.15. The molecule has 2 saturated heterocycles. The Bertz CT molecular complexity index is 686. The van der Waals surface area contributed by atoms with E-state index in [0.29, 0.717) is 12.1 Å². The maximum absolute atomic E-state index is 12.6. The molecule has 0 spiro atoms. The Balaban J connectivity index is 1.19. The average molecular weight is 400 g/mol. The molecule has 1 aromatic rings. The third-order valence-electron chi connectivity index (χ3n) is 6.39. The van der Waals surface area contributed by atoms with Gasteiger partial charge in [-0.15, -0.1) is 0 Å². The molecule has 3 aliphatic rings. The van der Waals surface area contributed by atoms with Gasteiger partial charge in [0.1, 0.15) is 0 Å². The van der Waals surface area contributed by atoms with Crippen molar-refractivity contribution in [1.29, 1.82) is 0 Å². The number of hydrogen-bond acceptors (Lipinski definition) is 5. The lowest BCUT2D eigenvalue weighted by Gasteiger charge is -2.42. The third kappa shape index (κ3) is 6.00. The van der Waals surface area contributed by atoms with Crippen molar-refractivity contribution >= 4 is 11.8 Å². The van der Waals surface area contributed by atoms with Crippen molar-refractivity contribution in [2.75, 3.05) is 32.7 Å². The fourth-order valence-corrected chi connectivity index (χ4v) is 4.56. The summed E-state index contributed by atoms with van der Waals surface area (Å²) in [6.45, 7) is 5.16. The topological polar surface area (TPSA) is 77.6 Å². The number of rotatable bonds is 7. The van der Waals surface area contributed by atoms with Gasteiger partial charge >= 0.3 is 0 Å². The van der Waals surface area contributed by atoms with Gasteiger partial charge in [0.05, 0.1) is 12.5 Å². The monoisotopic (exact) mass is 399 g/mol. The van der Waals surface area contributed by atoms with Crippen molar-refractivity contribution in [3.8, 4) is 0 Å². The first-order valence-electron chi connectivity index (χ1n) is 11.1. The first kappa shape index (κ1) is 20.3. The highest BCUT2D eigenvalue weighted by atomic mass is 16.2. The van der Waals surface area contributed by atoms with E-state index in [9.17, 15) is 9.59 Å². The molecule has 0 unspecified atom stereocenters. The molecule has 3 heterocycles. The van der Waals surface area contributed by atoms with Crippen molar-refractivity contribution in [1.82, 2.24) is 25.4 Å². The van der Waals surface area contributed by atoms with Crippen LogP contribution in [0.4, 0.5) is 0 Å². The molecule has 0 bridgehead atoms. The lowest BCUT2D eigenvalue weighted by atomic mass is 9.93. The van der Waals surface area contributed by atoms with E-state index in [1.54, 1.807) is 0 Å². The van der Waals surface area contributed by atoms with Crippen LogP contribution < -0.4 is 10.6 Å². The smallest absolute Gasteiger partial charge is 0.239 e. The minimum Gasteiger partial charge on any atom is -0.352 e. The highest BCUT2D eigenvalue weighted by Crippen LogP contribution is 2.24. The average Bonchev–Trinajstić information content (AvgIpc) is 3.57. The zero-order valence-electron chi connectivity index (χ0n) is 17.2. The number of amides is 2. The van der Waals surface area contributed by atoms with E-state index in [2.05, 4.69) is 31.5 Å². The number of pyridine rings is 1. The summed E-state index contributed by atoms with van der Waals surface area (Å²) in [5.74, 6) is -0.0185. The van der Waals surface area contributed by atoms with E-state index in [4.69, 9.17) is 0 Å². The number of likely N-dealkylation sites (tertiary alicyclic amines) is 2. The Kier molecular flexibility index (Phi) is 6.77. The zero-order chi connectivity index (χ0) is 20.1. The number of nitrogens with one attached hydrogen (secondary N) is 2. The molecule has 29 heavy (non-hydrogen) atoms. The SMILES string of the molecule is O=C(CNC(=O)[C@@H]1CCCN(C2CCN(Cc3cccnc3)CC2)C1)NC1CC1. The van der Waals surface area contributed by atoms with Gasteiger partial charge in [0.2, 0.25) is 11.8 Å². The van der Waals surface area contributed by atoms with Crippen LogP contribution in [0.3, 0.4) is 0 Å². The number of aromatic nitrogens is 1. The van der Waals surface area contributed by atoms with Crippen LogP contribution in [0.1, 0.15) is 44.1 Å². The summed E-state index contributed by atoms with van der Waals surface area (Å²) in [6, 6.07) is 5.04. The summed E-state index contributed by atoms with van der Waals surface area (Å²) < 4.78 is 0. The molecule has 7 nitrogen and oxygen atoms in total. The number of hydrogen-bond donors (Lipinski definition) is 2. The Morgan fingerprint density at radius 3 is 2.66 bits per heavy atom. The standard InChI is InChI=1S/C22H33N5O2/c28-21(25-19-5-6-19)14-24-22(29)18-4-2-10-27(16-18)20-7-11-26(12-8-20)15-17-3-1-9-23-13-17/h1,3,9,13,18-20H,2,4-8,10-12,14-16H2,(H,24,29)(H,25,28)/t18-/m1/s1. The van der Waals surface area contributed by atoms with Gasteiger partial charge in [-0.1, -0.05) is 6.07 Å². The second kappa shape index (κ2) is 9.67. The number of carbonyl (C=O) groups excluding carboxylic acids is 2. The van der Waals surface area contributed by atoms with Gasteiger partial charge in [0, 0.05) is 37.6 Å². The minimum absolute atomic E-state index is 0.00546. The number of nitrogens with zero attached hydrogens (tertiary/aromatic N) is 3. The van der Waals surface area contributed by atoms with Gasteiger partial charge < -0.3 is 10.6 Å². The van der Waals surface area contributed by atoms with Crippen molar-refractivity contribution in [2.24, 2.45) is 5.92 Å². The Hall–Kier alpha value is -1.99. The van der Waals surface area contributed by atoms with E-state index in [0.717, 1.165) is 71.2 Å². The molecule has 2 amide bonds. The molecule has 4 rings (SSSR count). The summed E-state index contributed by atoms with van der Waals surface area (Å²) in [7, 11) is 0. The summed E-state index contributed by atoms with van der Waals surface area (Å²) in [5.41, 5.74) is 1.27. The molecule has 2 N–H and O–H groups in total. The molecule has 3 fully saturated rings. The minimum atomic E-state index is -0.0606. The van der Waals surface area contributed by atoms with Crippen molar-refractivity contribution < 1.29 is 9.59 Å². The van der Waals surface area contributed by atoms with Crippen LogP contribution in [0.5, 0.6) is 0 Å². The van der Waals surface area contributed by atoms with Crippen LogP contribution in [-0.2, 0) is 16.1 Å². The van der Waals surface area contributed by atoms with Gasteiger partial charge in [-0.05, 0) is 69.8 Å². The van der Waals surface area contributed by atoms with Crippen molar-refractivity contribution in [3.63, 3.8) is 0 Å². The van der Waals surface area contributed by atoms with Crippen LogP contribution in [0.25, 0.3) is 0 Å². The highest BCUT2D eigenvalue weighted by Gasteiger charge is 2.32. The Morgan fingerprint density at radius 1 is 1.10 bits per heavy atom. The first-order valence-corrected chi connectivity index (χ1v) is 11.1. The summed E-state index contributed by atoms with van der Waals surface area (Å²) >= 11 is 0. The molecule has 1 saturated carbocycles. The Labute approximate surface area is 173 Å². The molecule has 0 radical (unpaired) electrons. The molecule has 1 aromatic heterocycles. The summed E-state index contributed by atoms with van der Waals surface area (Å²) in [6.07, 6.45) is 10.2. The van der Waals surface area contributed by atoms with E-state index < -0.39 is 0 Å². The van der Waals surface area contributed by atoms with E-state index >= 15 is 0 Å². The predicted molar refractivity (Wildman–Crippen MR) is 111 cm³/mol. The second-order valence-corrected chi connectivity index (χ2v) is 8.76. The summed E-state index contributed by atoms with van der Waals surface area (Å²) in [5, 5.41) is 5.77. The number of piperidine rings is 2. The lowest BCUT2D eigenvalue weighted by molar-refractivity contribution is -0.130. The summed E-state index contributed by atoms with van der Waals surface area (Å²) in [4.78, 5) is 33.6. The molecular formula is C22H33N5O2. The van der Waals surface area contributed by atoms with E-state index in [-0.39, 0.29) is 24.3 Å². The van der Waals surface area contributed by atoms with E-state index in [1.165, 1.54) is 5.56 Å². The largest absolute Gasteiger partial charge is 0.352 e. The van der Waals surface area contributed by atoms with Crippen LogP contribution in [0, 0.1) is 5.92 Å². The van der Waals surface area contributed by atoms with Crippen LogP contribution >= 0.6 is 0 Å². The zero-order valence-corrected chi connectivity index (χ0v) is 17.2. The fraction of sp³-hybridized carbons (Fsp3) is 0.682. The van der Waals surface area contributed by atoms with Gasteiger partial charge in [0.25, 0.3) is 0 Å². The quantitative estimate of drug-likeness (QED) is 0.719. The molecule has 0 aromatic carbocycles. The van der Waals surface area contributed by atoms with Gasteiger partial charge in [0.15, 0.2) is 0 Å². The first-order chi connectivity index (χ1) is 14.2. The van der Waals surface area contributed by atoms with E-state index in [1.807, 2.05) is 18.5 Å². The maximum atomic E-state index is 12.6. The normalized spacial score (nSPS) is 24.2. The molecular weight excluding hydrogens is 366 g/mol. The highest BCUT2D eigenvalue weighted by molar-refractivity contribution is 5.86. The fourth-order valence-electron chi connectivity index (χ4n) is 4.56. The van der Waals surface area contributed by atoms with Crippen LogP contribution in [0.2, 0.25) is 0 Å².